The van der Waals surface area contributed by atoms with Gasteiger partial charge in [-0.1, -0.05) is 24.3 Å². The number of furan rings is 1. The summed E-state index contributed by atoms with van der Waals surface area (Å²) in [6.45, 7) is 0. The highest BCUT2D eigenvalue weighted by Crippen LogP contribution is 2.26. The molecular formula is C18H17N3O2. The third kappa shape index (κ3) is 2.44. The monoisotopic (exact) mass is 307 g/mol. The number of rotatable bonds is 3. The number of carbonyl (C=O) groups excluding carboxylic acids is 1. The zero-order valence-electron chi connectivity index (χ0n) is 12.8. The lowest BCUT2D eigenvalue weighted by Gasteiger charge is -2.23. The summed E-state index contributed by atoms with van der Waals surface area (Å²) >= 11 is 0. The van der Waals surface area contributed by atoms with Crippen LogP contribution in [0.4, 0.5) is 0 Å². The van der Waals surface area contributed by atoms with Gasteiger partial charge in [0.15, 0.2) is 0 Å². The van der Waals surface area contributed by atoms with Gasteiger partial charge in [0.25, 0.3) is 5.91 Å². The van der Waals surface area contributed by atoms with E-state index in [-0.39, 0.29) is 11.9 Å². The predicted molar refractivity (Wildman–Crippen MR) is 86.0 cm³/mol. The Bertz CT molecular complexity index is 811. The van der Waals surface area contributed by atoms with Crippen molar-refractivity contribution in [1.29, 1.82) is 0 Å². The van der Waals surface area contributed by atoms with Crippen molar-refractivity contribution in [2.45, 2.75) is 18.9 Å². The van der Waals surface area contributed by atoms with Gasteiger partial charge < -0.3 is 9.32 Å². The van der Waals surface area contributed by atoms with Crippen molar-refractivity contribution in [3.8, 4) is 11.3 Å². The van der Waals surface area contributed by atoms with Gasteiger partial charge in [-0.15, -0.1) is 0 Å². The number of hydrogen-bond donors (Lipinski definition) is 1. The first kappa shape index (κ1) is 13.8. The van der Waals surface area contributed by atoms with Gasteiger partial charge in [0.05, 0.1) is 18.2 Å². The van der Waals surface area contributed by atoms with Crippen molar-refractivity contribution in [3.05, 3.63) is 65.7 Å². The maximum Gasteiger partial charge on any atom is 0.271 e. The van der Waals surface area contributed by atoms with E-state index in [2.05, 4.69) is 34.5 Å². The molecule has 1 N–H and O–H groups in total. The SMILES string of the molecule is CN(C(=O)c1cc(-c2ccoc2)n[nH]1)C1Cc2ccccc2C1. The minimum atomic E-state index is -0.0370. The van der Waals surface area contributed by atoms with Crippen LogP contribution in [-0.4, -0.2) is 34.1 Å². The third-order valence-electron chi connectivity index (χ3n) is 4.52. The molecule has 2 aromatic heterocycles. The molecule has 2 heterocycles. The maximum absolute atomic E-state index is 12.7. The molecule has 1 aliphatic carbocycles. The average molecular weight is 307 g/mol. The fraction of sp³-hybridized carbons (Fsp3) is 0.222. The smallest absolute Gasteiger partial charge is 0.271 e. The van der Waals surface area contributed by atoms with E-state index in [0.717, 1.165) is 18.4 Å². The van der Waals surface area contributed by atoms with Gasteiger partial charge in [-0.25, -0.2) is 0 Å². The summed E-state index contributed by atoms with van der Waals surface area (Å²) < 4.78 is 5.05. The van der Waals surface area contributed by atoms with Crippen LogP contribution in [0.25, 0.3) is 11.3 Å². The molecule has 5 heteroatoms. The number of nitrogens with zero attached hydrogens (tertiary/aromatic N) is 2. The molecule has 0 radical (unpaired) electrons. The Morgan fingerprint density at radius 1 is 1.26 bits per heavy atom. The molecule has 4 rings (SSSR count). The molecule has 0 saturated heterocycles. The summed E-state index contributed by atoms with van der Waals surface area (Å²) in [6.07, 6.45) is 5.01. The average Bonchev–Trinajstić information content (AvgIpc) is 3.32. The van der Waals surface area contributed by atoms with E-state index in [1.807, 2.05) is 18.0 Å². The molecule has 0 bridgehead atoms. The molecule has 5 nitrogen and oxygen atoms in total. The van der Waals surface area contributed by atoms with Crippen molar-refractivity contribution in [3.63, 3.8) is 0 Å². The second-order valence-electron chi connectivity index (χ2n) is 5.93. The van der Waals surface area contributed by atoms with Gasteiger partial charge in [0.1, 0.15) is 5.69 Å². The van der Waals surface area contributed by atoms with E-state index < -0.39 is 0 Å². The summed E-state index contributed by atoms with van der Waals surface area (Å²) in [5.74, 6) is -0.0370. The Kier molecular flexibility index (Phi) is 3.26. The Morgan fingerprint density at radius 3 is 2.65 bits per heavy atom. The van der Waals surface area contributed by atoms with E-state index in [4.69, 9.17) is 4.42 Å². The fourth-order valence-electron chi connectivity index (χ4n) is 3.15. The molecule has 1 amide bonds. The van der Waals surface area contributed by atoms with Gasteiger partial charge in [-0.2, -0.15) is 5.10 Å². The maximum atomic E-state index is 12.7. The van der Waals surface area contributed by atoms with Gasteiger partial charge in [-0.3, -0.25) is 9.89 Å². The largest absolute Gasteiger partial charge is 0.472 e. The molecule has 116 valence electrons. The Balaban J connectivity index is 1.51. The van der Waals surface area contributed by atoms with Crippen LogP contribution in [0, 0.1) is 0 Å². The molecule has 0 fully saturated rings. The minimum absolute atomic E-state index is 0.0370. The normalized spacial score (nSPS) is 14.0. The first-order valence-corrected chi connectivity index (χ1v) is 7.64. The van der Waals surface area contributed by atoms with Gasteiger partial charge >= 0.3 is 0 Å². The second-order valence-corrected chi connectivity index (χ2v) is 5.93. The zero-order chi connectivity index (χ0) is 15.8. The Labute approximate surface area is 133 Å². The molecule has 0 saturated carbocycles. The van der Waals surface area contributed by atoms with Crippen molar-refractivity contribution in [2.75, 3.05) is 7.05 Å². The number of likely N-dealkylation sites (N-methyl/N-ethyl adjacent to an activating group) is 1. The zero-order valence-corrected chi connectivity index (χ0v) is 12.8. The summed E-state index contributed by atoms with van der Waals surface area (Å²) in [5.41, 5.74) is 4.74. The minimum Gasteiger partial charge on any atom is -0.472 e. The molecule has 0 spiro atoms. The van der Waals surface area contributed by atoms with Crippen LogP contribution in [0.3, 0.4) is 0 Å². The highest BCUT2D eigenvalue weighted by Gasteiger charge is 2.28. The van der Waals surface area contributed by atoms with Crippen LogP contribution in [-0.2, 0) is 12.8 Å². The van der Waals surface area contributed by atoms with E-state index in [9.17, 15) is 4.79 Å². The standard InChI is InChI=1S/C18H17N3O2/c1-21(15-8-12-4-2-3-5-13(12)9-15)18(22)17-10-16(19-20-17)14-6-7-23-11-14/h2-7,10-11,15H,8-9H2,1H3,(H,19,20). The van der Waals surface area contributed by atoms with Gasteiger partial charge in [-0.05, 0) is 36.1 Å². The number of aromatic amines is 1. The third-order valence-corrected chi connectivity index (χ3v) is 4.52. The Hall–Kier alpha value is -2.82. The summed E-state index contributed by atoms with van der Waals surface area (Å²) in [7, 11) is 1.86. The molecule has 1 aliphatic rings. The van der Waals surface area contributed by atoms with Gasteiger partial charge in [0.2, 0.25) is 0 Å². The lowest BCUT2D eigenvalue weighted by Crippen LogP contribution is -2.37. The van der Waals surface area contributed by atoms with Crippen molar-refractivity contribution in [2.24, 2.45) is 0 Å². The summed E-state index contributed by atoms with van der Waals surface area (Å²) in [6, 6.07) is 12.2. The van der Waals surface area contributed by atoms with Crippen LogP contribution in [0.5, 0.6) is 0 Å². The molecule has 3 aromatic rings. The topological polar surface area (TPSA) is 62.1 Å². The first-order valence-electron chi connectivity index (χ1n) is 7.64. The van der Waals surface area contributed by atoms with Crippen LogP contribution >= 0.6 is 0 Å². The highest BCUT2D eigenvalue weighted by molar-refractivity contribution is 5.93. The fourth-order valence-corrected chi connectivity index (χ4v) is 3.15. The lowest BCUT2D eigenvalue weighted by atomic mass is 10.1. The molecule has 0 unspecified atom stereocenters. The van der Waals surface area contributed by atoms with Crippen molar-refractivity contribution >= 4 is 5.91 Å². The van der Waals surface area contributed by atoms with Crippen LogP contribution in [0.15, 0.2) is 53.3 Å². The number of aromatic nitrogens is 2. The van der Waals surface area contributed by atoms with E-state index >= 15 is 0 Å². The van der Waals surface area contributed by atoms with E-state index in [0.29, 0.717) is 11.4 Å². The number of benzene rings is 1. The molecule has 0 atom stereocenters. The Morgan fingerprint density at radius 2 is 2.00 bits per heavy atom. The number of carbonyl (C=O) groups is 1. The molecular weight excluding hydrogens is 290 g/mol. The predicted octanol–water partition coefficient (Wildman–Crippen LogP) is 2.91. The lowest BCUT2D eigenvalue weighted by molar-refractivity contribution is 0.0732. The number of hydrogen-bond acceptors (Lipinski definition) is 3. The van der Waals surface area contributed by atoms with E-state index in [1.165, 1.54) is 11.1 Å². The number of fused-ring (bicyclic) bond motifs is 1. The summed E-state index contributed by atoms with van der Waals surface area (Å²) in [4.78, 5) is 14.5. The second kappa shape index (κ2) is 5.43. The van der Waals surface area contributed by atoms with E-state index in [1.54, 1.807) is 18.6 Å². The number of H-pyrrole nitrogens is 1. The molecule has 1 aromatic carbocycles. The van der Waals surface area contributed by atoms with Crippen molar-refractivity contribution < 1.29 is 9.21 Å². The van der Waals surface area contributed by atoms with Crippen molar-refractivity contribution in [1.82, 2.24) is 15.1 Å². The summed E-state index contributed by atoms with van der Waals surface area (Å²) in [5, 5.41) is 7.03. The first-order chi connectivity index (χ1) is 11.2. The van der Waals surface area contributed by atoms with Crippen LogP contribution in [0.2, 0.25) is 0 Å². The highest BCUT2D eigenvalue weighted by atomic mass is 16.3. The number of nitrogens with one attached hydrogen (secondary N) is 1. The van der Waals surface area contributed by atoms with Crippen LogP contribution < -0.4 is 0 Å². The molecule has 23 heavy (non-hydrogen) atoms. The van der Waals surface area contributed by atoms with Gasteiger partial charge in [0, 0.05) is 18.7 Å². The quantitative estimate of drug-likeness (QED) is 0.809. The number of amides is 1. The molecule has 0 aliphatic heterocycles. The van der Waals surface area contributed by atoms with Crippen LogP contribution in [0.1, 0.15) is 21.6 Å².